The van der Waals surface area contributed by atoms with Gasteiger partial charge in [0.15, 0.2) is 0 Å². The van der Waals surface area contributed by atoms with Crippen molar-refractivity contribution in [1.29, 1.82) is 0 Å². The van der Waals surface area contributed by atoms with Gasteiger partial charge >= 0.3 is 20.4 Å². The Bertz CT molecular complexity index is 735. The molecular weight excluding hydrogens is 428 g/mol. The van der Waals surface area contributed by atoms with Crippen LogP contribution in [0.4, 0.5) is 26.3 Å². The van der Waals surface area contributed by atoms with Crippen molar-refractivity contribution in [3.05, 3.63) is 46.4 Å². The van der Waals surface area contributed by atoms with Crippen LogP contribution in [-0.2, 0) is 0 Å². The number of alkyl halides is 6. The Kier molecular flexibility index (Phi) is 6.48. The minimum absolute atomic E-state index is 0.0673. The first kappa shape index (κ1) is 21.2. The number of rotatable bonds is 6. The number of halogens is 8. The van der Waals surface area contributed by atoms with Crippen molar-refractivity contribution in [2.45, 2.75) is 12.7 Å². The molecule has 0 fully saturated rings. The van der Waals surface area contributed by atoms with Crippen LogP contribution in [0, 0.1) is 0 Å². The highest BCUT2D eigenvalue weighted by atomic mass is 35.5. The molecule has 0 unspecified atom stereocenters. The number of hydrogen-bond acceptors (Lipinski definition) is 4. The molecule has 4 nitrogen and oxygen atoms in total. The van der Waals surface area contributed by atoms with Gasteiger partial charge in [-0.3, -0.25) is 0 Å². The van der Waals surface area contributed by atoms with E-state index in [1.54, 1.807) is 0 Å². The quantitative estimate of drug-likeness (QED) is 0.443. The lowest BCUT2D eigenvalue weighted by Crippen LogP contribution is -2.17. The molecule has 27 heavy (non-hydrogen) atoms. The third-order valence-corrected chi connectivity index (χ3v) is 3.30. The van der Waals surface area contributed by atoms with Gasteiger partial charge in [-0.25, -0.2) is 0 Å². The highest BCUT2D eigenvalue weighted by molar-refractivity contribution is 6.32. The first-order valence-corrected chi connectivity index (χ1v) is 7.55. The van der Waals surface area contributed by atoms with Gasteiger partial charge in [0.05, 0.1) is 10.0 Å². The van der Waals surface area contributed by atoms with Crippen LogP contribution in [-0.4, -0.2) is 20.4 Å². The molecule has 0 aromatic heterocycles. The van der Waals surface area contributed by atoms with Gasteiger partial charge in [0.1, 0.15) is 23.0 Å². The van der Waals surface area contributed by atoms with E-state index in [1.165, 1.54) is 0 Å². The molecule has 146 valence electrons. The van der Waals surface area contributed by atoms with Crippen LogP contribution in [0.25, 0.3) is 0 Å². The van der Waals surface area contributed by atoms with Gasteiger partial charge < -0.3 is 18.8 Å². The molecule has 0 spiro atoms. The van der Waals surface area contributed by atoms with Gasteiger partial charge in [0.25, 0.3) is 0 Å². The maximum atomic E-state index is 12.2. The molecule has 0 aliphatic rings. The molecule has 2 aromatic rings. The summed E-state index contributed by atoms with van der Waals surface area (Å²) in [7, 11) is -0.425. The zero-order chi connectivity index (χ0) is 20.2. The Morgan fingerprint density at radius 3 is 1.33 bits per heavy atom. The van der Waals surface area contributed by atoms with Gasteiger partial charge in [-0.15, -0.1) is 26.3 Å². The van der Waals surface area contributed by atoms with Gasteiger partial charge in [-0.2, -0.15) is 0 Å². The van der Waals surface area contributed by atoms with Crippen molar-refractivity contribution in [1.82, 2.24) is 0 Å². The second-order valence-corrected chi connectivity index (χ2v) is 5.50. The predicted molar refractivity (Wildman–Crippen MR) is 84.7 cm³/mol. The lowest BCUT2D eigenvalue weighted by molar-refractivity contribution is -0.275. The molecule has 0 aliphatic carbocycles. The van der Waals surface area contributed by atoms with E-state index in [2.05, 4.69) is 9.47 Å². The van der Waals surface area contributed by atoms with Crippen LogP contribution in [0.1, 0.15) is 0 Å². The molecule has 0 N–H and O–H groups in total. The Morgan fingerprint density at radius 1 is 0.667 bits per heavy atom. The molecule has 13 heteroatoms. The third-order valence-electron chi connectivity index (χ3n) is 2.71. The Morgan fingerprint density at radius 2 is 1.04 bits per heavy atom. The van der Waals surface area contributed by atoms with Crippen molar-refractivity contribution in [2.24, 2.45) is 0 Å². The van der Waals surface area contributed by atoms with E-state index in [0.717, 1.165) is 36.4 Å². The highest BCUT2D eigenvalue weighted by Gasteiger charge is 2.32. The summed E-state index contributed by atoms with van der Waals surface area (Å²) in [6.07, 6.45) is -9.78. The summed E-state index contributed by atoms with van der Waals surface area (Å²) in [5.74, 6) is -1.08. The highest BCUT2D eigenvalue weighted by Crippen LogP contribution is 2.34. The molecular formula is C14H7BCl2F6O4. The summed E-state index contributed by atoms with van der Waals surface area (Å²) >= 11 is 11.3. The summed E-state index contributed by atoms with van der Waals surface area (Å²) in [5.41, 5.74) is 0. The van der Waals surface area contributed by atoms with Crippen molar-refractivity contribution in [2.75, 3.05) is 0 Å². The summed E-state index contributed by atoms with van der Waals surface area (Å²) in [5, 5.41) is -0.692. The first-order chi connectivity index (χ1) is 12.4. The second kappa shape index (κ2) is 8.26. The summed E-state index contributed by atoms with van der Waals surface area (Å²) in [6.45, 7) is 0. The normalized spacial score (nSPS) is 11.7. The average Bonchev–Trinajstić information content (AvgIpc) is 2.50. The minimum Gasteiger partial charge on any atom is -0.528 e. The van der Waals surface area contributed by atoms with E-state index in [-0.39, 0.29) is 21.5 Å². The second-order valence-electron chi connectivity index (χ2n) is 4.69. The van der Waals surface area contributed by atoms with E-state index in [0.29, 0.717) is 0 Å². The zero-order valence-corrected chi connectivity index (χ0v) is 14.3. The van der Waals surface area contributed by atoms with Gasteiger partial charge in [0.2, 0.25) is 0 Å². The van der Waals surface area contributed by atoms with E-state index in [9.17, 15) is 26.3 Å². The Balaban J connectivity index is 1.93. The molecule has 2 aromatic carbocycles. The molecule has 0 radical (unpaired) electrons. The fourth-order valence-electron chi connectivity index (χ4n) is 1.72. The molecule has 0 atom stereocenters. The van der Waals surface area contributed by atoms with Crippen molar-refractivity contribution in [3.63, 3.8) is 0 Å². The average molecular weight is 435 g/mol. The fourth-order valence-corrected chi connectivity index (χ4v) is 2.14. The summed E-state index contributed by atoms with van der Waals surface area (Å²) in [4.78, 5) is 0. The first-order valence-electron chi connectivity index (χ1n) is 6.79. The summed E-state index contributed by atoms with van der Waals surface area (Å²) in [6, 6.07) is 6.35. The lowest BCUT2D eigenvalue weighted by atomic mass is 10.2. The van der Waals surface area contributed by atoms with Crippen LogP contribution < -0.4 is 18.8 Å². The maximum absolute atomic E-state index is 12.2. The molecule has 0 amide bonds. The smallest absolute Gasteiger partial charge is 0.528 e. The molecule has 0 bridgehead atoms. The van der Waals surface area contributed by atoms with Crippen LogP contribution in [0.2, 0.25) is 10.0 Å². The number of ether oxygens (including phenoxy) is 2. The monoisotopic (exact) mass is 434 g/mol. The van der Waals surface area contributed by atoms with Crippen LogP contribution >= 0.6 is 23.2 Å². The molecule has 0 saturated heterocycles. The topological polar surface area (TPSA) is 36.9 Å². The van der Waals surface area contributed by atoms with E-state index < -0.39 is 31.9 Å². The van der Waals surface area contributed by atoms with Crippen molar-refractivity contribution >= 4 is 30.9 Å². The van der Waals surface area contributed by atoms with Gasteiger partial charge in [0, 0.05) is 12.1 Å². The van der Waals surface area contributed by atoms with Gasteiger partial charge in [-0.1, -0.05) is 23.2 Å². The van der Waals surface area contributed by atoms with Crippen molar-refractivity contribution < 1.29 is 45.1 Å². The SMILES string of the molecule is FC(F)(F)Oc1ccc(OBOc2ccc(OC(F)(F)F)c(Cl)c2)cc1Cl. The minimum atomic E-state index is -4.89. The van der Waals surface area contributed by atoms with E-state index in [4.69, 9.17) is 32.5 Å². The largest absolute Gasteiger partial charge is 0.576 e. The fraction of sp³-hybridized carbons (Fsp3) is 0.143. The van der Waals surface area contributed by atoms with Crippen LogP contribution in [0.3, 0.4) is 0 Å². The Labute approximate surface area is 158 Å². The zero-order valence-electron chi connectivity index (χ0n) is 12.8. The third kappa shape index (κ3) is 7.18. The number of hydrogen-bond donors (Lipinski definition) is 0. The number of benzene rings is 2. The van der Waals surface area contributed by atoms with Crippen LogP contribution in [0.5, 0.6) is 23.0 Å². The van der Waals surface area contributed by atoms with E-state index >= 15 is 0 Å². The van der Waals surface area contributed by atoms with Gasteiger partial charge in [-0.05, 0) is 24.3 Å². The lowest BCUT2D eigenvalue weighted by Gasteiger charge is -2.13. The standard InChI is InChI=1S/C14H7BCl2F6O4/c16-9-5-7(1-3-11(9)24-13(18,19)20)26-15-27-8-2-4-12(10(17)6-8)25-14(21,22)23/h1-6,15H. The molecule has 0 heterocycles. The molecule has 0 aliphatic heterocycles. The summed E-state index contributed by atoms with van der Waals surface area (Å²) < 4.78 is 90.5. The molecule has 0 saturated carbocycles. The molecule has 2 rings (SSSR count). The van der Waals surface area contributed by atoms with Crippen molar-refractivity contribution in [3.8, 4) is 23.0 Å². The Hall–Kier alpha value is -2.14. The van der Waals surface area contributed by atoms with E-state index in [1.807, 2.05) is 0 Å². The maximum Gasteiger partial charge on any atom is 0.576 e. The predicted octanol–water partition coefficient (Wildman–Crippen LogP) is 5.51. The van der Waals surface area contributed by atoms with Crippen LogP contribution in [0.15, 0.2) is 36.4 Å².